The van der Waals surface area contributed by atoms with Crippen LogP contribution in [0.25, 0.3) is 0 Å². The number of carbonyl (C=O) groups is 1. The van der Waals surface area contributed by atoms with E-state index in [9.17, 15) is 13.6 Å². The molecule has 2 aromatic carbocycles. The molecule has 0 N–H and O–H groups in total. The molecule has 1 nitrogen and oxygen atoms in total. The van der Waals surface area contributed by atoms with Crippen molar-refractivity contribution in [1.29, 1.82) is 0 Å². The van der Waals surface area contributed by atoms with Gasteiger partial charge in [0.1, 0.15) is 11.6 Å². The standard InChI is InChI=1S/C14H8BrClF2O/c15-11-6-8(1-3-13(11)18)14(19)7-9-5-10(16)2-4-12(9)17/h1-6H,7H2. The zero-order valence-corrected chi connectivity index (χ0v) is 11.9. The molecule has 0 fully saturated rings. The van der Waals surface area contributed by atoms with Crippen molar-refractivity contribution in [1.82, 2.24) is 0 Å². The normalized spacial score (nSPS) is 10.5. The van der Waals surface area contributed by atoms with E-state index >= 15 is 0 Å². The molecule has 0 saturated carbocycles. The van der Waals surface area contributed by atoms with E-state index in [0.717, 1.165) is 0 Å². The minimum atomic E-state index is -0.487. The van der Waals surface area contributed by atoms with Gasteiger partial charge in [0.2, 0.25) is 0 Å². The summed E-state index contributed by atoms with van der Waals surface area (Å²) in [7, 11) is 0. The van der Waals surface area contributed by atoms with Crippen molar-refractivity contribution < 1.29 is 13.6 Å². The minimum Gasteiger partial charge on any atom is -0.294 e. The molecule has 0 aromatic heterocycles. The van der Waals surface area contributed by atoms with Crippen LogP contribution < -0.4 is 0 Å². The molecule has 0 radical (unpaired) electrons. The van der Waals surface area contributed by atoms with Crippen LogP contribution in [0.15, 0.2) is 40.9 Å². The summed E-state index contributed by atoms with van der Waals surface area (Å²) in [4.78, 5) is 12.0. The lowest BCUT2D eigenvalue weighted by atomic mass is 10.0. The lowest BCUT2D eigenvalue weighted by molar-refractivity contribution is 0.0991. The zero-order chi connectivity index (χ0) is 14.0. The Balaban J connectivity index is 2.25. The van der Waals surface area contributed by atoms with Crippen molar-refractivity contribution in [3.05, 3.63) is 68.7 Å². The fraction of sp³-hybridized carbons (Fsp3) is 0.0714. The summed E-state index contributed by atoms with van der Waals surface area (Å²) in [6.45, 7) is 0. The number of benzene rings is 2. The highest BCUT2D eigenvalue weighted by molar-refractivity contribution is 9.10. The lowest BCUT2D eigenvalue weighted by Gasteiger charge is -2.05. The number of hydrogen-bond donors (Lipinski definition) is 0. The van der Waals surface area contributed by atoms with Crippen LogP contribution in [0.1, 0.15) is 15.9 Å². The van der Waals surface area contributed by atoms with E-state index < -0.39 is 11.6 Å². The Morgan fingerprint density at radius 3 is 2.47 bits per heavy atom. The van der Waals surface area contributed by atoms with Crippen molar-refractivity contribution in [2.24, 2.45) is 0 Å². The Morgan fingerprint density at radius 1 is 1.11 bits per heavy atom. The summed E-state index contributed by atoms with van der Waals surface area (Å²) < 4.78 is 26.8. The Kier molecular flexibility index (Phi) is 4.32. The maximum absolute atomic E-state index is 13.5. The summed E-state index contributed by atoms with van der Waals surface area (Å²) in [6, 6.07) is 7.97. The SMILES string of the molecule is O=C(Cc1cc(Cl)ccc1F)c1ccc(F)c(Br)c1. The maximum atomic E-state index is 13.5. The smallest absolute Gasteiger partial charge is 0.167 e. The van der Waals surface area contributed by atoms with E-state index in [2.05, 4.69) is 15.9 Å². The number of carbonyl (C=O) groups excluding carboxylic acids is 1. The molecule has 0 unspecified atom stereocenters. The molecule has 0 atom stereocenters. The molecule has 0 saturated heterocycles. The fourth-order valence-corrected chi connectivity index (χ4v) is 2.20. The van der Waals surface area contributed by atoms with Gasteiger partial charge < -0.3 is 0 Å². The van der Waals surface area contributed by atoms with Gasteiger partial charge in [-0.25, -0.2) is 8.78 Å². The van der Waals surface area contributed by atoms with E-state index in [-0.39, 0.29) is 22.2 Å². The molecule has 0 aliphatic rings. The van der Waals surface area contributed by atoms with Gasteiger partial charge in [-0.2, -0.15) is 0 Å². The van der Waals surface area contributed by atoms with Crippen LogP contribution in [-0.4, -0.2) is 5.78 Å². The quantitative estimate of drug-likeness (QED) is 0.730. The van der Waals surface area contributed by atoms with Gasteiger partial charge >= 0.3 is 0 Å². The molecular weight excluding hydrogens is 338 g/mol. The fourth-order valence-electron chi connectivity index (χ4n) is 1.62. The molecule has 19 heavy (non-hydrogen) atoms. The van der Waals surface area contributed by atoms with Gasteiger partial charge in [-0.05, 0) is 57.9 Å². The molecule has 0 aliphatic carbocycles. The third-order valence-corrected chi connectivity index (χ3v) is 3.44. The summed E-state index contributed by atoms with van der Waals surface area (Å²) >= 11 is 8.76. The molecular formula is C14H8BrClF2O. The second kappa shape index (κ2) is 5.80. The first-order chi connectivity index (χ1) is 8.97. The number of Topliss-reactive ketones (excluding diaryl/α,β-unsaturated/α-hetero) is 1. The maximum Gasteiger partial charge on any atom is 0.167 e. The third kappa shape index (κ3) is 3.39. The average molecular weight is 346 g/mol. The molecule has 5 heteroatoms. The van der Waals surface area contributed by atoms with E-state index in [1.54, 1.807) is 0 Å². The van der Waals surface area contributed by atoms with Crippen LogP contribution >= 0.6 is 27.5 Å². The topological polar surface area (TPSA) is 17.1 Å². The Labute approximate surface area is 122 Å². The number of halogens is 4. The highest BCUT2D eigenvalue weighted by Gasteiger charge is 2.12. The first kappa shape index (κ1) is 14.2. The van der Waals surface area contributed by atoms with Gasteiger partial charge in [-0.15, -0.1) is 0 Å². The molecule has 0 amide bonds. The predicted molar refractivity (Wildman–Crippen MR) is 73.5 cm³/mol. The highest BCUT2D eigenvalue weighted by atomic mass is 79.9. The Morgan fingerprint density at radius 2 is 1.79 bits per heavy atom. The van der Waals surface area contributed by atoms with Crippen LogP contribution in [0, 0.1) is 11.6 Å². The zero-order valence-electron chi connectivity index (χ0n) is 9.59. The van der Waals surface area contributed by atoms with Gasteiger partial charge in [-0.1, -0.05) is 11.6 Å². The van der Waals surface area contributed by atoms with E-state index in [1.165, 1.54) is 36.4 Å². The summed E-state index contributed by atoms with van der Waals surface area (Å²) in [5, 5.41) is 0.365. The van der Waals surface area contributed by atoms with Crippen LogP contribution in [0.3, 0.4) is 0 Å². The van der Waals surface area contributed by atoms with Gasteiger partial charge in [0, 0.05) is 17.0 Å². The van der Waals surface area contributed by atoms with Crippen LogP contribution in [0.2, 0.25) is 5.02 Å². The van der Waals surface area contributed by atoms with Crippen molar-refractivity contribution in [3.8, 4) is 0 Å². The van der Waals surface area contributed by atoms with Crippen molar-refractivity contribution >= 4 is 33.3 Å². The number of ketones is 1. The molecule has 2 aromatic rings. The van der Waals surface area contributed by atoms with E-state index in [0.29, 0.717) is 10.6 Å². The molecule has 0 spiro atoms. The Hall–Kier alpha value is -1.26. The van der Waals surface area contributed by atoms with Crippen molar-refractivity contribution in [3.63, 3.8) is 0 Å². The first-order valence-electron chi connectivity index (χ1n) is 5.39. The van der Waals surface area contributed by atoms with Gasteiger partial charge in [0.25, 0.3) is 0 Å². The summed E-state index contributed by atoms with van der Waals surface area (Å²) in [5.41, 5.74) is 0.533. The van der Waals surface area contributed by atoms with Crippen LogP contribution in [-0.2, 0) is 6.42 Å². The molecule has 98 valence electrons. The molecule has 0 heterocycles. The number of rotatable bonds is 3. The Bertz CT molecular complexity index is 643. The second-order valence-corrected chi connectivity index (χ2v) is 5.26. The molecule has 2 rings (SSSR count). The van der Waals surface area contributed by atoms with E-state index in [4.69, 9.17) is 11.6 Å². The van der Waals surface area contributed by atoms with Crippen molar-refractivity contribution in [2.75, 3.05) is 0 Å². The number of hydrogen-bond acceptors (Lipinski definition) is 1. The molecule has 0 bridgehead atoms. The predicted octanol–water partition coefficient (Wildman–Crippen LogP) is 4.81. The summed E-state index contributed by atoms with van der Waals surface area (Å²) in [5.74, 6) is -1.24. The third-order valence-electron chi connectivity index (χ3n) is 2.60. The molecule has 0 aliphatic heterocycles. The van der Waals surface area contributed by atoms with Gasteiger partial charge in [-0.3, -0.25) is 4.79 Å². The monoisotopic (exact) mass is 344 g/mol. The van der Waals surface area contributed by atoms with Crippen molar-refractivity contribution in [2.45, 2.75) is 6.42 Å². The largest absolute Gasteiger partial charge is 0.294 e. The van der Waals surface area contributed by atoms with Gasteiger partial charge in [0.15, 0.2) is 5.78 Å². The highest BCUT2D eigenvalue weighted by Crippen LogP contribution is 2.20. The van der Waals surface area contributed by atoms with Gasteiger partial charge in [0.05, 0.1) is 4.47 Å². The van der Waals surface area contributed by atoms with E-state index in [1.807, 2.05) is 0 Å². The second-order valence-electron chi connectivity index (χ2n) is 3.96. The first-order valence-corrected chi connectivity index (χ1v) is 6.56. The minimum absolute atomic E-state index is 0.121. The average Bonchev–Trinajstić information content (AvgIpc) is 2.37. The van der Waals surface area contributed by atoms with Crippen LogP contribution in [0.4, 0.5) is 8.78 Å². The lowest BCUT2D eigenvalue weighted by Crippen LogP contribution is -2.05. The van der Waals surface area contributed by atoms with Crippen LogP contribution in [0.5, 0.6) is 0 Å². The summed E-state index contributed by atoms with van der Waals surface area (Å²) in [6.07, 6.45) is -0.121.